The summed E-state index contributed by atoms with van der Waals surface area (Å²) in [5, 5.41) is 12.8. The summed E-state index contributed by atoms with van der Waals surface area (Å²) < 4.78 is 40.2. The summed E-state index contributed by atoms with van der Waals surface area (Å²) >= 11 is 0. The standard InChI is InChI=1S/C18H15F3N6/c1-9-6-15(27-26-9)18(22)11-4-2-3-5-14(11)24-17(25-18)23-10-7-12(19)16(21)13(20)8-10/h2-8H,22H2,1H3,(H,26,27)(H2,23,24,25). The first-order chi connectivity index (χ1) is 12.9. The van der Waals surface area contributed by atoms with E-state index in [9.17, 15) is 13.2 Å². The molecule has 27 heavy (non-hydrogen) atoms. The molecule has 1 aliphatic heterocycles. The van der Waals surface area contributed by atoms with Crippen molar-refractivity contribution in [3.8, 4) is 0 Å². The van der Waals surface area contributed by atoms with Gasteiger partial charge < -0.3 is 10.6 Å². The Bertz CT molecular complexity index is 1040. The monoisotopic (exact) mass is 372 g/mol. The molecule has 0 saturated carbocycles. The van der Waals surface area contributed by atoms with Crippen molar-refractivity contribution in [3.63, 3.8) is 0 Å². The maximum atomic E-state index is 13.5. The molecule has 2 aromatic carbocycles. The quantitative estimate of drug-likeness (QED) is 0.520. The number of aromatic nitrogens is 2. The lowest BCUT2D eigenvalue weighted by Gasteiger charge is -2.32. The molecule has 6 nitrogen and oxygen atoms in total. The summed E-state index contributed by atoms with van der Waals surface area (Å²) in [5.74, 6) is -4.01. The van der Waals surface area contributed by atoms with E-state index in [-0.39, 0.29) is 11.6 Å². The van der Waals surface area contributed by atoms with Gasteiger partial charge in [-0.05, 0) is 19.1 Å². The number of hydrogen-bond acceptors (Lipinski definition) is 5. The Kier molecular flexibility index (Phi) is 3.88. The first-order valence-corrected chi connectivity index (χ1v) is 8.06. The van der Waals surface area contributed by atoms with Gasteiger partial charge in [0.1, 0.15) is 5.69 Å². The molecule has 0 radical (unpaired) electrons. The number of nitrogens with two attached hydrogens (primary N) is 1. The van der Waals surface area contributed by atoms with Gasteiger partial charge >= 0.3 is 0 Å². The molecule has 1 aliphatic rings. The van der Waals surface area contributed by atoms with Gasteiger partial charge in [-0.3, -0.25) is 10.8 Å². The van der Waals surface area contributed by atoms with Crippen molar-refractivity contribution >= 4 is 17.3 Å². The largest absolute Gasteiger partial charge is 0.326 e. The minimum atomic E-state index is -1.54. The normalized spacial score (nSPS) is 18.5. The fourth-order valence-electron chi connectivity index (χ4n) is 2.95. The van der Waals surface area contributed by atoms with Gasteiger partial charge in [-0.15, -0.1) is 0 Å². The van der Waals surface area contributed by atoms with E-state index in [1.54, 1.807) is 12.1 Å². The highest BCUT2D eigenvalue weighted by molar-refractivity contribution is 6.05. The van der Waals surface area contributed by atoms with E-state index in [0.29, 0.717) is 16.9 Å². The molecule has 0 fully saturated rings. The van der Waals surface area contributed by atoms with Crippen LogP contribution in [-0.4, -0.2) is 16.2 Å². The van der Waals surface area contributed by atoms with Crippen molar-refractivity contribution in [2.24, 2.45) is 10.7 Å². The highest BCUT2D eigenvalue weighted by Gasteiger charge is 2.37. The zero-order chi connectivity index (χ0) is 19.2. The van der Waals surface area contributed by atoms with E-state index in [1.807, 2.05) is 25.1 Å². The topological polar surface area (TPSA) is 91.1 Å². The molecule has 2 heterocycles. The van der Waals surface area contributed by atoms with Crippen LogP contribution in [0, 0.1) is 24.4 Å². The van der Waals surface area contributed by atoms with Crippen molar-refractivity contribution in [2.45, 2.75) is 12.6 Å². The second-order valence-electron chi connectivity index (χ2n) is 6.21. The minimum absolute atomic E-state index is 0.0161. The molecular formula is C18H15F3N6. The average molecular weight is 372 g/mol. The number of guanidine groups is 1. The van der Waals surface area contributed by atoms with Crippen LogP contribution in [0.4, 0.5) is 24.5 Å². The number of rotatable bonds is 2. The van der Waals surface area contributed by atoms with Crippen molar-refractivity contribution < 1.29 is 13.2 Å². The number of nitrogens with zero attached hydrogens (tertiary/aromatic N) is 2. The molecule has 4 rings (SSSR count). The van der Waals surface area contributed by atoms with Crippen LogP contribution >= 0.6 is 0 Å². The zero-order valence-electron chi connectivity index (χ0n) is 14.1. The second kappa shape index (κ2) is 6.13. The molecule has 0 saturated heterocycles. The molecule has 0 bridgehead atoms. The number of hydrogen-bond donors (Lipinski definition) is 4. The Morgan fingerprint density at radius 3 is 2.44 bits per heavy atom. The number of para-hydroxylation sites is 1. The summed E-state index contributed by atoms with van der Waals surface area (Å²) in [6.45, 7) is 1.83. The summed E-state index contributed by atoms with van der Waals surface area (Å²) in [6.07, 6.45) is 0. The van der Waals surface area contributed by atoms with Crippen LogP contribution in [0.25, 0.3) is 0 Å². The summed E-state index contributed by atoms with van der Waals surface area (Å²) in [4.78, 5) is 4.47. The lowest BCUT2D eigenvalue weighted by atomic mass is 9.94. The van der Waals surface area contributed by atoms with Crippen molar-refractivity contribution in [2.75, 3.05) is 10.6 Å². The number of aryl methyl sites for hydroxylation is 1. The maximum absolute atomic E-state index is 13.5. The van der Waals surface area contributed by atoms with E-state index in [4.69, 9.17) is 5.73 Å². The molecule has 0 aliphatic carbocycles. The Morgan fingerprint density at radius 1 is 1.07 bits per heavy atom. The van der Waals surface area contributed by atoms with Gasteiger partial charge in [-0.1, -0.05) is 18.2 Å². The Balaban J connectivity index is 1.78. The van der Waals surface area contributed by atoms with Gasteiger partial charge in [0.05, 0.1) is 0 Å². The number of aromatic amines is 1. The maximum Gasteiger partial charge on any atom is 0.202 e. The van der Waals surface area contributed by atoms with E-state index in [1.165, 1.54) is 0 Å². The third kappa shape index (κ3) is 2.91. The minimum Gasteiger partial charge on any atom is -0.326 e. The molecular weight excluding hydrogens is 357 g/mol. The van der Waals surface area contributed by atoms with Crippen molar-refractivity contribution in [1.29, 1.82) is 0 Å². The molecule has 0 spiro atoms. The van der Waals surface area contributed by atoms with E-state index >= 15 is 0 Å². The number of fused-ring (bicyclic) bond motifs is 1. The molecule has 5 N–H and O–H groups in total. The van der Waals surface area contributed by atoms with Crippen LogP contribution in [0.15, 0.2) is 47.5 Å². The summed E-state index contributed by atoms with van der Waals surface area (Å²) in [5.41, 5.74) is 7.85. The van der Waals surface area contributed by atoms with Crippen molar-refractivity contribution in [3.05, 3.63) is 76.9 Å². The highest BCUT2D eigenvalue weighted by atomic mass is 19.2. The molecule has 0 amide bonds. The third-order valence-electron chi connectivity index (χ3n) is 4.22. The highest BCUT2D eigenvalue weighted by Crippen LogP contribution is 2.36. The molecule has 1 unspecified atom stereocenters. The van der Waals surface area contributed by atoms with Gasteiger partial charge in [0.25, 0.3) is 0 Å². The van der Waals surface area contributed by atoms with Crippen molar-refractivity contribution in [1.82, 2.24) is 10.2 Å². The van der Waals surface area contributed by atoms with E-state index < -0.39 is 23.1 Å². The number of benzene rings is 2. The number of anilines is 2. The van der Waals surface area contributed by atoms with Gasteiger partial charge in [0.2, 0.25) is 5.96 Å². The van der Waals surface area contributed by atoms with E-state index in [2.05, 4.69) is 25.8 Å². The average Bonchev–Trinajstić information content (AvgIpc) is 3.07. The van der Waals surface area contributed by atoms with Crippen LogP contribution in [0.1, 0.15) is 17.0 Å². The molecule has 3 aromatic rings. The van der Waals surface area contributed by atoms with Crippen LogP contribution in [-0.2, 0) is 5.66 Å². The Labute approximate surface area is 152 Å². The van der Waals surface area contributed by atoms with Crippen LogP contribution < -0.4 is 16.4 Å². The van der Waals surface area contributed by atoms with Crippen LogP contribution in [0.5, 0.6) is 0 Å². The number of H-pyrrole nitrogens is 1. The number of halogens is 3. The Hall–Kier alpha value is -3.33. The third-order valence-corrected chi connectivity index (χ3v) is 4.22. The van der Waals surface area contributed by atoms with Gasteiger partial charge in [0.15, 0.2) is 23.1 Å². The smallest absolute Gasteiger partial charge is 0.202 e. The van der Waals surface area contributed by atoms with Gasteiger partial charge in [-0.25, -0.2) is 18.2 Å². The SMILES string of the molecule is Cc1cc(C2(N)N=C(Nc3cc(F)c(F)c(F)c3)Nc3ccccc32)n[nH]1. The van der Waals surface area contributed by atoms with Crippen LogP contribution in [0.3, 0.4) is 0 Å². The lowest BCUT2D eigenvalue weighted by molar-refractivity contribution is 0.448. The zero-order valence-corrected chi connectivity index (χ0v) is 14.1. The molecule has 9 heteroatoms. The lowest BCUT2D eigenvalue weighted by Crippen LogP contribution is -2.44. The predicted octanol–water partition coefficient (Wildman–Crippen LogP) is 3.19. The van der Waals surface area contributed by atoms with Gasteiger partial charge in [0, 0.05) is 34.8 Å². The van der Waals surface area contributed by atoms with E-state index in [0.717, 1.165) is 17.8 Å². The summed E-state index contributed by atoms with van der Waals surface area (Å²) in [6, 6.07) is 10.7. The fraction of sp³-hybridized carbons (Fsp3) is 0.111. The fourth-order valence-corrected chi connectivity index (χ4v) is 2.95. The predicted molar refractivity (Wildman–Crippen MR) is 95.7 cm³/mol. The molecule has 138 valence electrons. The molecule has 1 atom stereocenters. The first-order valence-electron chi connectivity index (χ1n) is 8.06. The Morgan fingerprint density at radius 2 is 1.78 bits per heavy atom. The first kappa shape index (κ1) is 17.1. The number of aliphatic imine (C=N–C) groups is 1. The summed E-state index contributed by atoms with van der Waals surface area (Å²) in [7, 11) is 0. The van der Waals surface area contributed by atoms with Crippen LogP contribution in [0.2, 0.25) is 0 Å². The number of nitrogens with one attached hydrogen (secondary N) is 3. The molecule has 1 aromatic heterocycles. The second-order valence-corrected chi connectivity index (χ2v) is 6.21. The van der Waals surface area contributed by atoms with Gasteiger partial charge in [-0.2, -0.15) is 5.10 Å².